The Bertz CT molecular complexity index is 873. The number of amides is 2. The van der Waals surface area contributed by atoms with Crippen LogP contribution in [0.15, 0.2) is 54.9 Å². The summed E-state index contributed by atoms with van der Waals surface area (Å²) in [5, 5.41) is 2.99. The highest BCUT2D eigenvalue weighted by Gasteiger charge is 2.29. The summed E-state index contributed by atoms with van der Waals surface area (Å²) >= 11 is 0. The quantitative estimate of drug-likeness (QED) is 0.780. The van der Waals surface area contributed by atoms with E-state index >= 15 is 0 Å². The van der Waals surface area contributed by atoms with Crippen LogP contribution in [0.3, 0.4) is 0 Å². The molecule has 1 aromatic carbocycles. The first-order valence-corrected chi connectivity index (χ1v) is 8.93. The van der Waals surface area contributed by atoms with E-state index in [0.29, 0.717) is 13.0 Å². The maximum Gasteiger partial charge on any atom is 0.317 e. The zero-order valence-corrected chi connectivity index (χ0v) is 14.4. The number of nitrogens with one attached hydrogen (secondary N) is 1. The van der Waals surface area contributed by atoms with Crippen molar-refractivity contribution < 1.29 is 9.18 Å². The number of urea groups is 1. The van der Waals surface area contributed by atoms with Crippen LogP contribution in [0.2, 0.25) is 0 Å². The molecule has 0 aliphatic carbocycles. The van der Waals surface area contributed by atoms with Gasteiger partial charge in [0.25, 0.3) is 0 Å². The van der Waals surface area contributed by atoms with Crippen molar-refractivity contribution in [3.05, 3.63) is 71.9 Å². The Balaban J connectivity index is 1.35. The second-order valence-electron chi connectivity index (χ2n) is 6.58. The van der Waals surface area contributed by atoms with Gasteiger partial charge in [0.1, 0.15) is 11.5 Å². The van der Waals surface area contributed by atoms with Crippen LogP contribution in [0.25, 0.3) is 5.65 Å². The molecule has 0 bridgehead atoms. The molecule has 0 spiro atoms. The van der Waals surface area contributed by atoms with Gasteiger partial charge in [0.15, 0.2) is 0 Å². The Hall–Kier alpha value is -2.89. The monoisotopic (exact) mass is 352 g/mol. The van der Waals surface area contributed by atoms with E-state index in [1.807, 2.05) is 39.9 Å². The van der Waals surface area contributed by atoms with Gasteiger partial charge in [0, 0.05) is 31.9 Å². The van der Waals surface area contributed by atoms with Crippen LogP contribution in [0.4, 0.5) is 9.18 Å². The van der Waals surface area contributed by atoms with E-state index < -0.39 is 0 Å². The van der Waals surface area contributed by atoms with Crippen molar-refractivity contribution in [2.24, 2.45) is 0 Å². The van der Waals surface area contributed by atoms with Crippen molar-refractivity contribution in [1.82, 2.24) is 19.6 Å². The Morgan fingerprint density at radius 1 is 1.23 bits per heavy atom. The lowest BCUT2D eigenvalue weighted by atomic mass is 10.0. The van der Waals surface area contributed by atoms with Crippen molar-refractivity contribution in [3.63, 3.8) is 0 Å². The van der Waals surface area contributed by atoms with E-state index in [4.69, 9.17) is 0 Å². The normalized spacial score (nSPS) is 17.0. The van der Waals surface area contributed by atoms with Crippen molar-refractivity contribution >= 4 is 11.7 Å². The zero-order valence-electron chi connectivity index (χ0n) is 14.4. The summed E-state index contributed by atoms with van der Waals surface area (Å²) in [7, 11) is 0. The molecule has 26 heavy (non-hydrogen) atoms. The lowest BCUT2D eigenvalue weighted by Crippen LogP contribution is -2.40. The van der Waals surface area contributed by atoms with E-state index in [2.05, 4.69) is 10.3 Å². The van der Waals surface area contributed by atoms with Gasteiger partial charge in [-0.15, -0.1) is 0 Å². The Kier molecular flexibility index (Phi) is 4.56. The van der Waals surface area contributed by atoms with Gasteiger partial charge in [-0.2, -0.15) is 0 Å². The Morgan fingerprint density at radius 2 is 2.08 bits per heavy atom. The number of hydrogen-bond acceptors (Lipinski definition) is 2. The van der Waals surface area contributed by atoms with Crippen LogP contribution in [0.5, 0.6) is 0 Å². The van der Waals surface area contributed by atoms with Gasteiger partial charge in [-0.25, -0.2) is 14.2 Å². The molecule has 1 fully saturated rings. The van der Waals surface area contributed by atoms with E-state index in [0.717, 1.165) is 36.3 Å². The van der Waals surface area contributed by atoms with Gasteiger partial charge in [-0.3, -0.25) is 0 Å². The van der Waals surface area contributed by atoms with Gasteiger partial charge >= 0.3 is 6.03 Å². The van der Waals surface area contributed by atoms with Crippen molar-refractivity contribution in [1.29, 1.82) is 0 Å². The summed E-state index contributed by atoms with van der Waals surface area (Å²) in [5.41, 5.74) is 2.84. The summed E-state index contributed by atoms with van der Waals surface area (Å²) < 4.78 is 15.1. The zero-order chi connectivity index (χ0) is 17.9. The summed E-state index contributed by atoms with van der Waals surface area (Å²) in [6.07, 6.45) is 6.50. The van der Waals surface area contributed by atoms with Gasteiger partial charge in [0.05, 0.1) is 11.7 Å². The molecule has 3 heterocycles. The van der Waals surface area contributed by atoms with E-state index in [1.165, 1.54) is 12.1 Å². The van der Waals surface area contributed by atoms with Crippen LogP contribution in [-0.2, 0) is 6.42 Å². The highest BCUT2D eigenvalue weighted by molar-refractivity contribution is 5.75. The fourth-order valence-electron chi connectivity index (χ4n) is 3.55. The molecule has 0 saturated carbocycles. The third-order valence-electron chi connectivity index (χ3n) is 4.84. The summed E-state index contributed by atoms with van der Waals surface area (Å²) in [6.45, 7) is 1.26. The lowest BCUT2D eigenvalue weighted by Gasteiger charge is -2.25. The fourth-order valence-corrected chi connectivity index (χ4v) is 3.55. The van der Waals surface area contributed by atoms with Gasteiger partial charge < -0.3 is 14.6 Å². The number of carbonyl (C=O) groups is 1. The van der Waals surface area contributed by atoms with Gasteiger partial charge in [0.2, 0.25) is 0 Å². The second kappa shape index (κ2) is 7.15. The molecule has 1 N–H and O–H groups in total. The molecule has 3 aromatic rings. The van der Waals surface area contributed by atoms with Crippen LogP contribution in [-0.4, -0.2) is 33.4 Å². The van der Waals surface area contributed by atoms with Crippen LogP contribution in [0.1, 0.15) is 30.1 Å². The molecule has 5 nitrogen and oxygen atoms in total. The summed E-state index contributed by atoms with van der Waals surface area (Å²) in [6, 6.07) is 12.3. The minimum atomic E-state index is -0.254. The molecule has 1 saturated heterocycles. The van der Waals surface area contributed by atoms with Crippen LogP contribution in [0, 0.1) is 5.82 Å². The standard InChI is InChI=1S/C20H21FN4O/c21-16-8-6-15(7-9-16)18-4-3-13-25(18)20(26)22-11-10-17-14-24-12-2-1-5-19(24)23-17/h1-2,5-9,12,14,18H,3-4,10-11,13H2,(H,22,26)/t18-/m0/s1. The van der Waals surface area contributed by atoms with E-state index in [-0.39, 0.29) is 17.9 Å². The average Bonchev–Trinajstić information content (AvgIpc) is 3.29. The molecule has 1 aliphatic heterocycles. The van der Waals surface area contributed by atoms with Crippen molar-refractivity contribution in [3.8, 4) is 0 Å². The molecule has 0 unspecified atom stereocenters. The number of fused-ring (bicyclic) bond motifs is 1. The SMILES string of the molecule is O=C(NCCc1cn2ccccc2n1)N1CCC[C@H]1c1ccc(F)cc1. The predicted molar refractivity (Wildman–Crippen MR) is 97.4 cm³/mol. The number of aromatic nitrogens is 2. The highest BCUT2D eigenvalue weighted by atomic mass is 19.1. The van der Waals surface area contributed by atoms with Gasteiger partial charge in [-0.05, 0) is 42.7 Å². The topological polar surface area (TPSA) is 49.6 Å². The molecular weight excluding hydrogens is 331 g/mol. The molecule has 2 amide bonds. The van der Waals surface area contributed by atoms with Gasteiger partial charge in [-0.1, -0.05) is 18.2 Å². The third-order valence-corrected chi connectivity index (χ3v) is 4.84. The van der Waals surface area contributed by atoms with E-state index in [1.54, 1.807) is 12.1 Å². The number of hydrogen-bond donors (Lipinski definition) is 1. The number of carbonyl (C=O) groups excluding carboxylic acids is 1. The van der Waals surface area contributed by atoms with E-state index in [9.17, 15) is 9.18 Å². The van der Waals surface area contributed by atoms with Crippen LogP contribution >= 0.6 is 0 Å². The number of imidazole rings is 1. The molecule has 1 aliphatic rings. The van der Waals surface area contributed by atoms with Crippen molar-refractivity contribution in [2.75, 3.05) is 13.1 Å². The molecule has 2 aromatic heterocycles. The Labute approximate surface area is 151 Å². The largest absolute Gasteiger partial charge is 0.338 e. The molecular formula is C20H21FN4O. The number of rotatable bonds is 4. The minimum Gasteiger partial charge on any atom is -0.338 e. The molecule has 0 radical (unpaired) electrons. The first-order chi connectivity index (χ1) is 12.7. The number of likely N-dealkylation sites (tertiary alicyclic amines) is 1. The van der Waals surface area contributed by atoms with Crippen molar-refractivity contribution in [2.45, 2.75) is 25.3 Å². The first kappa shape index (κ1) is 16.6. The minimum absolute atomic E-state index is 0.0193. The van der Waals surface area contributed by atoms with Crippen LogP contribution < -0.4 is 5.32 Å². The number of pyridine rings is 1. The fraction of sp³-hybridized carbons (Fsp3) is 0.300. The summed E-state index contributed by atoms with van der Waals surface area (Å²) in [4.78, 5) is 19.0. The lowest BCUT2D eigenvalue weighted by molar-refractivity contribution is 0.193. The number of halogens is 1. The first-order valence-electron chi connectivity index (χ1n) is 8.93. The smallest absolute Gasteiger partial charge is 0.317 e. The predicted octanol–water partition coefficient (Wildman–Crippen LogP) is 3.56. The maximum atomic E-state index is 13.1. The molecule has 4 rings (SSSR count). The molecule has 6 heteroatoms. The highest BCUT2D eigenvalue weighted by Crippen LogP contribution is 2.31. The Morgan fingerprint density at radius 3 is 2.88 bits per heavy atom. The third kappa shape index (κ3) is 3.40. The average molecular weight is 352 g/mol. The second-order valence-corrected chi connectivity index (χ2v) is 6.58. The summed E-state index contributed by atoms with van der Waals surface area (Å²) in [5.74, 6) is -0.254. The maximum absolute atomic E-state index is 13.1. The molecule has 134 valence electrons. The molecule has 1 atom stereocenters. The number of nitrogens with zero attached hydrogens (tertiary/aromatic N) is 3. The number of benzene rings is 1.